The molecule has 110 valence electrons. The minimum Gasteiger partial charge on any atom is -0.356 e. The minimum absolute atomic E-state index is 0.254. The molecule has 3 heteroatoms. The summed E-state index contributed by atoms with van der Waals surface area (Å²) in [6.07, 6.45) is 9.61. The smallest absolute Gasteiger partial charge is 0.223 e. The van der Waals surface area contributed by atoms with Crippen LogP contribution in [0.1, 0.15) is 58.3 Å². The van der Waals surface area contributed by atoms with Crippen molar-refractivity contribution in [2.75, 3.05) is 13.1 Å². The van der Waals surface area contributed by atoms with Crippen LogP contribution in [0.2, 0.25) is 0 Å². The highest BCUT2D eigenvalue weighted by atomic mass is 16.1. The van der Waals surface area contributed by atoms with Gasteiger partial charge in [-0.1, -0.05) is 26.2 Å². The quantitative estimate of drug-likeness (QED) is 0.804. The molecule has 1 amide bonds. The number of amides is 1. The highest BCUT2D eigenvalue weighted by Crippen LogP contribution is 2.32. The standard InChI is InChI=1S/C16H30N2O/c1-12-5-6-14(9-12)11-18-16(19)15-4-2-3-13(10-15)7-8-17/h12-15H,2-11,17H2,1H3,(H,18,19). The van der Waals surface area contributed by atoms with Crippen LogP contribution in [-0.2, 0) is 4.79 Å². The SMILES string of the molecule is CC1CCC(CNC(=O)C2CCCC(CCN)C2)C1. The first-order valence-electron chi connectivity index (χ1n) is 8.16. The predicted octanol–water partition coefficient (Wildman–Crippen LogP) is 2.69. The Bertz CT molecular complexity index is 290. The molecule has 0 spiro atoms. The maximum Gasteiger partial charge on any atom is 0.223 e. The minimum atomic E-state index is 0.254. The molecule has 0 aromatic rings. The molecular formula is C16H30N2O. The maximum atomic E-state index is 12.2. The highest BCUT2D eigenvalue weighted by molar-refractivity contribution is 5.78. The fourth-order valence-electron chi connectivity index (χ4n) is 3.93. The van der Waals surface area contributed by atoms with Gasteiger partial charge in [-0.2, -0.15) is 0 Å². The number of hydrogen-bond donors (Lipinski definition) is 2. The number of carbonyl (C=O) groups is 1. The van der Waals surface area contributed by atoms with Crippen LogP contribution in [0.5, 0.6) is 0 Å². The van der Waals surface area contributed by atoms with Crippen LogP contribution < -0.4 is 11.1 Å². The fourth-order valence-corrected chi connectivity index (χ4v) is 3.93. The van der Waals surface area contributed by atoms with E-state index in [1.165, 1.54) is 32.1 Å². The number of nitrogens with two attached hydrogens (primary N) is 1. The van der Waals surface area contributed by atoms with Gasteiger partial charge in [0.2, 0.25) is 5.91 Å². The van der Waals surface area contributed by atoms with Crippen LogP contribution in [0.3, 0.4) is 0 Å². The van der Waals surface area contributed by atoms with E-state index in [2.05, 4.69) is 12.2 Å². The van der Waals surface area contributed by atoms with Crippen LogP contribution in [0.25, 0.3) is 0 Å². The van der Waals surface area contributed by atoms with Crippen molar-refractivity contribution < 1.29 is 4.79 Å². The predicted molar refractivity (Wildman–Crippen MR) is 78.6 cm³/mol. The van der Waals surface area contributed by atoms with Crippen LogP contribution in [0, 0.1) is 23.7 Å². The normalized spacial score (nSPS) is 35.3. The molecule has 2 rings (SSSR count). The molecule has 0 radical (unpaired) electrons. The van der Waals surface area contributed by atoms with Gasteiger partial charge in [-0.15, -0.1) is 0 Å². The number of rotatable bonds is 5. The van der Waals surface area contributed by atoms with E-state index in [1.54, 1.807) is 0 Å². The molecule has 2 aliphatic carbocycles. The lowest BCUT2D eigenvalue weighted by atomic mass is 9.79. The third-order valence-corrected chi connectivity index (χ3v) is 5.10. The largest absolute Gasteiger partial charge is 0.356 e. The summed E-state index contributed by atoms with van der Waals surface area (Å²) in [5.41, 5.74) is 5.63. The summed E-state index contributed by atoms with van der Waals surface area (Å²) in [6, 6.07) is 0. The van der Waals surface area contributed by atoms with Gasteiger partial charge in [-0.3, -0.25) is 4.79 Å². The molecule has 2 aliphatic rings. The third-order valence-electron chi connectivity index (χ3n) is 5.10. The second-order valence-electron chi connectivity index (χ2n) is 6.84. The van der Waals surface area contributed by atoms with Crippen molar-refractivity contribution in [1.82, 2.24) is 5.32 Å². The van der Waals surface area contributed by atoms with Gasteiger partial charge in [0, 0.05) is 12.5 Å². The van der Waals surface area contributed by atoms with Gasteiger partial charge in [0.15, 0.2) is 0 Å². The lowest BCUT2D eigenvalue weighted by molar-refractivity contribution is -0.126. The Hall–Kier alpha value is -0.570. The topological polar surface area (TPSA) is 55.1 Å². The Morgan fingerprint density at radius 1 is 1.16 bits per heavy atom. The summed E-state index contributed by atoms with van der Waals surface area (Å²) in [7, 11) is 0. The van der Waals surface area contributed by atoms with Crippen LogP contribution >= 0.6 is 0 Å². The second-order valence-corrected chi connectivity index (χ2v) is 6.84. The lowest BCUT2D eigenvalue weighted by Crippen LogP contribution is -2.36. The molecule has 4 atom stereocenters. The zero-order chi connectivity index (χ0) is 13.7. The van der Waals surface area contributed by atoms with Gasteiger partial charge in [0.1, 0.15) is 0 Å². The van der Waals surface area contributed by atoms with E-state index in [4.69, 9.17) is 5.73 Å². The van der Waals surface area contributed by atoms with Gasteiger partial charge >= 0.3 is 0 Å². The van der Waals surface area contributed by atoms with Crippen molar-refractivity contribution in [3.63, 3.8) is 0 Å². The summed E-state index contributed by atoms with van der Waals surface area (Å²) >= 11 is 0. The molecule has 0 saturated heterocycles. The average molecular weight is 266 g/mol. The van der Waals surface area contributed by atoms with Crippen LogP contribution in [0.4, 0.5) is 0 Å². The Kier molecular flexibility index (Phi) is 5.68. The molecular weight excluding hydrogens is 236 g/mol. The molecule has 3 nitrogen and oxygen atoms in total. The van der Waals surface area contributed by atoms with Crippen molar-refractivity contribution in [2.45, 2.75) is 58.3 Å². The summed E-state index contributed by atoms with van der Waals surface area (Å²) in [6.45, 7) is 3.99. The second kappa shape index (κ2) is 7.28. The Morgan fingerprint density at radius 3 is 2.68 bits per heavy atom. The molecule has 2 saturated carbocycles. The number of nitrogens with one attached hydrogen (secondary N) is 1. The highest BCUT2D eigenvalue weighted by Gasteiger charge is 2.28. The molecule has 4 unspecified atom stereocenters. The Labute approximate surface area is 117 Å². The number of hydrogen-bond acceptors (Lipinski definition) is 2. The lowest BCUT2D eigenvalue weighted by Gasteiger charge is -2.28. The van der Waals surface area contributed by atoms with Gasteiger partial charge in [-0.25, -0.2) is 0 Å². The molecule has 0 heterocycles. The average Bonchev–Trinajstić information content (AvgIpc) is 2.82. The molecule has 0 bridgehead atoms. The van der Waals surface area contributed by atoms with Crippen molar-refractivity contribution in [1.29, 1.82) is 0 Å². The van der Waals surface area contributed by atoms with E-state index in [0.29, 0.717) is 11.8 Å². The molecule has 0 aliphatic heterocycles. The van der Waals surface area contributed by atoms with Gasteiger partial charge in [0.25, 0.3) is 0 Å². The molecule has 2 fully saturated rings. The first-order chi connectivity index (χ1) is 9.19. The first-order valence-corrected chi connectivity index (χ1v) is 8.16. The third kappa shape index (κ3) is 4.48. The maximum absolute atomic E-state index is 12.2. The van der Waals surface area contributed by atoms with Crippen molar-refractivity contribution in [3.8, 4) is 0 Å². The van der Waals surface area contributed by atoms with Gasteiger partial charge < -0.3 is 11.1 Å². The molecule has 19 heavy (non-hydrogen) atoms. The van der Waals surface area contributed by atoms with E-state index in [0.717, 1.165) is 44.2 Å². The summed E-state index contributed by atoms with van der Waals surface area (Å²) in [5.74, 6) is 2.82. The van der Waals surface area contributed by atoms with E-state index in [9.17, 15) is 4.79 Å². The van der Waals surface area contributed by atoms with E-state index in [1.807, 2.05) is 0 Å². The van der Waals surface area contributed by atoms with Crippen molar-refractivity contribution in [2.24, 2.45) is 29.4 Å². The molecule has 0 aromatic heterocycles. The Balaban J connectivity index is 1.70. The summed E-state index contributed by atoms with van der Waals surface area (Å²) in [5, 5.41) is 3.21. The fraction of sp³-hybridized carbons (Fsp3) is 0.938. The number of carbonyl (C=O) groups excluding carboxylic acids is 1. The molecule has 0 aromatic carbocycles. The van der Waals surface area contributed by atoms with Crippen molar-refractivity contribution >= 4 is 5.91 Å². The van der Waals surface area contributed by atoms with Crippen LogP contribution in [0.15, 0.2) is 0 Å². The summed E-state index contributed by atoms with van der Waals surface area (Å²) in [4.78, 5) is 12.2. The first kappa shape index (κ1) is 14.8. The van der Waals surface area contributed by atoms with E-state index in [-0.39, 0.29) is 5.92 Å². The van der Waals surface area contributed by atoms with Gasteiger partial charge in [0.05, 0.1) is 0 Å². The zero-order valence-electron chi connectivity index (χ0n) is 12.4. The van der Waals surface area contributed by atoms with Gasteiger partial charge in [-0.05, 0) is 56.4 Å². The summed E-state index contributed by atoms with van der Waals surface area (Å²) < 4.78 is 0. The Morgan fingerprint density at radius 2 is 2.00 bits per heavy atom. The monoisotopic (exact) mass is 266 g/mol. The molecule has 3 N–H and O–H groups in total. The van der Waals surface area contributed by atoms with Crippen molar-refractivity contribution in [3.05, 3.63) is 0 Å². The van der Waals surface area contributed by atoms with E-state index < -0.39 is 0 Å². The zero-order valence-corrected chi connectivity index (χ0v) is 12.4. The van der Waals surface area contributed by atoms with E-state index >= 15 is 0 Å². The van der Waals surface area contributed by atoms with Crippen LogP contribution in [-0.4, -0.2) is 19.0 Å².